The summed E-state index contributed by atoms with van der Waals surface area (Å²) in [5.41, 5.74) is 0.771. The Morgan fingerprint density at radius 2 is 1.94 bits per heavy atom. The molecule has 1 aliphatic carbocycles. The van der Waals surface area contributed by atoms with E-state index in [2.05, 4.69) is 9.71 Å². The van der Waals surface area contributed by atoms with Crippen LogP contribution in [0.1, 0.15) is 25.0 Å². The van der Waals surface area contributed by atoms with Crippen molar-refractivity contribution in [2.45, 2.75) is 43.9 Å². The minimum absolute atomic E-state index is 0.125. The van der Waals surface area contributed by atoms with E-state index in [1.54, 1.807) is 5.38 Å². The van der Waals surface area contributed by atoms with Gasteiger partial charge in [0.25, 0.3) is 0 Å². The van der Waals surface area contributed by atoms with Gasteiger partial charge < -0.3 is 4.90 Å². The Hall–Kier alpha value is -1.98. The van der Waals surface area contributed by atoms with Gasteiger partial charge in [-0.3, -0.25) is 4.79 Å². The number of sulfonamides is 1. The van der Waals surface area contributed by atoms with Crippen LogP contribution in [0.3, 0.4) is 0 Å². The third-order valence-electron chi connectivity index (χ3n) is 5.74. The van der Waals surface area contributed by atoms with Crippen LogP contribution in [0.2, 0.25) is 0 Å². The predicted octanol–water partition coefficient (Wildman–Crippen LogP) is 2.90. The van der Waals surface area contributed by atoms with Crippen LogP contribution in [0.25, 0.3) is 10.6 Å². The van der Waals surface area contributed by atoms with E-state index >= 15 is 0 Å². The maximum atomic E-state index is 14.8. The van der Waals surface area contributed by atoms with E-state index in [9.17, 15) is 26.4 Å². The first-order valence-corrected chi connectivity index (χ1v) is 12.7. The molecule has 1 aromatic carbocycles. The fourth-order valence-corrected chi connectivity index (χ4v) is 5.70. The monoisotopic (exact) mass is 473 g/mol. The van der Waals surface area contributed by atoms with Crippen molar-refractivity contribution in [3.63, 3.8) is 0 Å². The second kappa shape index (κ2) is 8.51. The number of aromatic nitrogens is 1. The third-order valence-corrected chi connectivity index (χ3v) is 7.38. The van der Waals surface area contributed by atoms with Gasteiger partial charge in [-0.15, -0.1) is 11.3 Å². The van der Waals surface area contributed by atoms with Gasteiger partial charge in [-0.2, -0.15) is 0 Å². The molecular weight excluding hydrogens is 451 g/mol. The molecule has 0 unspecified atom stereocenters. The van der Waals surface area contributed by atoms with E-state index in [0.29, 0.717) is 10.7 Å². The van der Waals surface area contributed by atoms with Crippen LogP contribution in [0.5, 0.6) is 0 Å². The van der Waals surface area contributed by atoms with Gasteiger partial charge in [0, 0.05) is 29.3 Å². The molecule has 2 aliphatic rings. The first kappa shape index (κ1) is 22.2. The van der Waals surface area contributed by atoms with E-state index in [0.717, 1.165) is 31.6 Å². The fraction of sp³-hybridized carbons (Fsp3) is 0.500. The zero-order valence-corrected chi connectivity index (χ0v) is 18.4. The third kappa shape index (κ3) is 4.93. The molecule has 1 aromatic heterocycles. The zero-order chi connectivity index (χ0) is 22.3. The molecule has 4 rings (SSSR count). The molecule has 2 heterocycles. The number of carbonyl (C=O) groups is 1. The molecule has 1 N–H and O–H groups in total. The number of benzene rings is 1. The normalized spacial score (nSPS) is 24.4. The van der Waals surface area contributed by atoms with Crippen LogP contribution in [0, 0.1) is 17.6 Å². The van der Waals surface area contributed by atoms with Gasteiger partial charge in [-0.1, -0.05) is 6.42 Å². The van der Waals surface area contributed by atoms with E-state index in [4.69, 9.17) is 0 Å². The number of amides is 1. The van der Waals surface area contributed by atoms with E-state index in [-0.39, 0.29) is 30.4 Å². The van der Waals surface area contributed by atoms with Crippen molar-refractivity contribution in [2.24, 2.45) is 5.92 Å². The van der Waals surface area contributed by atoms with Gasteiger partial charge in [0.15, 0.2) is 0 Å². The SMILES string of the molecule is CS(=O)(=O)N[C@H]1[C@@H](F)CN(C(=O)C2CCC2)[C@H]1Cc1csc(-c2cc(F)cc(F)c2)n1. The predicted molar refractivity (Wildman–Crippen MR) is 111 cm³/mol. The molecule has 1 saturated heterocycles. The molecule has 6 nitrogen and oxygen atoms in total. The number of carbonyl (C=O) groups excluding carboxylic acids is 1. The van der Waals surface area contributed by atoms with Crippen molar-refractivity contribution in [1.82, 2.24) is 14.6 Å². The van der Waals surface area contributed by atoms with Crippen LogP contribution < -0.4 is 4.72 Å². The Kier molecular flexibility index (Phi) is 6.10. The summed E-state index contributed by atoms with van der Waals surface area (Å²) in [5.74, 6) is -1.78. The van der Waals surface area contributed by atoms with E-state index < -0.39 is 39.9 Å². The Morgan fingerprint density at radius 1 is 1.26 bits per heavy atom. The number of likely N-dealkylation sites (tertiary alicyclic amines) is 1. The summed E-state index contributed by atoms with van der Waals surface area (Å²) in [5, 5.41) is 2.06. The van der Waals surface area contributed by atoms with Crippen LogP contribution in [0.15, 0.2) is 23.6 Å². The first-order chi connectivity index (χ1) is 14.6. The van der Waals surface area contributed by atoms with Crippen molar-refractivity contribution in [3.8, 4) is 10.6 Å². The average molecular weight is 474 g/mol. The number of halogens is 3. The van der Waals surface area contributed by atoms with Gasteiger partial charge in [0.1, 0.15) is 22.8 Å². The molecule has 31 heavy (non-hydrogen) atoms. The molecule has 2 aromatic rings. The number of thiazole rings is 1. The number of hydrogen-bond donors (Lipinski definition) is 1. The highest BCUT2D eigenvalue weighted by Gasteiger charge is 2.47. The van der Waals surface area contributed by atoms with Crippen molar-refractivity contribution >= 4 is 27.3 Å². The standard InChI is InChI=1S/C20H22F3N3O3S2/c1-31(28,29)25-18-16(23)9-26(20(27)11-3-2-4-11)17(18)8-15-10-30-19(24-15)12-5-13(21)7-14(22)6-12/h5-7,10-11,16-18,25H,2-4,8-9H2,1H3/t16-,17-,18-/m0/s1. The van der Waals surface area contributed by atoms with Crippen molar-refractivity contribution in [2.75, 3.05) is 12.8 Å². The second-order valence-corrected chi connectivity index (χ2v) is 10.8. The number of nitrogens with one attached hydrogen (secondary N) is 1. The van der Waals surface area contributed by atoms with Gasteiger partial charge in [-0.25, -0.2) is 31.3 Å². The molecule has 11 heteroatoms. The Labute approximate surface area is 182 Å². The maximum absolute atomic E-state index is 14.8. The van der Waals surface area contributed by atoms with Gasteiger partial charge in [0.05, 0.1) is 30.6 Å². The molecule has 168 valence electrons. The lowest BCUT2D eigenvalue weighted by Crippen LogP contribution is -2.50. The molecule has 0 spiro atoms. The quantitative estimate of drug-likeness (QED) is 0.700. The Bertz CT molecular complexity index is 1070. The number of alkyl halides is 1. The van der Waals surface area contributed by atoms with Crippen molar-refractivity contribution in [1.29, 1.82) is 0 Å². The Morgan fingerprint density at radius 3 is 2.52 bits per heavy atom. The molecule has 3 atom stereocenters. The van der Waals surface area contributed by atoms with Crippen LogP contribution in [0.4, 0.5) is 13.2 Å². The fourth-order valence-electron chi connectivity index (χ4n) is 4.08. The highest BCUT2D eigenvalue weighted by atomic mass is 32.2. The summed E-state index contributed by atoms with van der Waals surface area (Å²) in [7, 11) is -3.70. The molecule has 0 bridgehead atoms. The van der Waals surface area contributed by atoms with Crippen LogP contribution >= 0.6 is 11.3 Å². The number of rotatable bonds is 6. The minimum atomic E-state index is -3.70. The highest BCUT2D eigenvalue weighted by Crippen LogP contribution is 2.34. The summed E-state index contributed by atoms with van der Waals surface area (Å²) in [4.78, 5) is 18.7. The summed E-state index contributed by atoms with van der Waals surface area (Å²) < 4.78 is 67.8. The average Bonchev–Trinajstić information content (AvgIpc) is 3.18. The van der Waals surface area contributed by atoms with Crippen molar-refractivity contribution < 1.29 is 26.4 Å². The molecule has 0 radical (unpaired) electrons. The Balaban J connectivity index is 1.60. The topological polar surface area (TPSA) is 79.4 Å². The summed E-state index contributed by atoms with van der Waals surface area (Å²) in [6, 6.07) is 1.27. The van der Waals surface area contributed by atoms with Crippen LogP contribution in [-0.2, 0) is 21.2 Å². The minimum Gasteiger partial charge on any atom is -0.334 e. The zero-order valence-electron chi connectivity index (χ0n) is 16.7. The highest BCUT2D eigenvalue weighted by molar-refractivity contribution is 7.88. The summed E-state index contributed by atoms with van der Waals surface area (Å²) in [6.45, 7) is -0.181. The molecular formula is C20H22F3N3O3S2. The van der Waals surface area contributed by atoms with Gasteiger partial charge in [0.2, 0.25) is 15.9 Å². The lowest BCUT2D eigenvalue weighted by atomic mass is 9.84. The van der Waals surface area contributed by atoms with Crippen molar-refractivity contribution in [3.05, 3.63) is 40.9 Å². The van der Waals surface area contributed by atoms with E-state index in [1.165, 1.54) is 28.4 Å². The lowest BCUT2D eigenvalue weighted by Gasteiger charge is -2.33. The van der Waals surface area contributed by atoms with Gasteiger partial charge >= 0.3 is 0 Å². The molecule has 1 amide bonds. The largest absolute Gasteiger partial charge is 0.334 e. The molecule has 2 fully saturated rings. The molecule has 1 aliphatic heterocycles. The summed E-state index contributed by atoms with van der Waals surface area (Å²) in [6.07, 6.45) is 1.97. The van der Waals surface area contributed by atoms with Crippen LogP contribution in [-0.4, -0.2) is 55.3 Å². The first-order valence-electron chi connectivity index (χ1n) is 9.93. The summed E-state index contributed by atoms with van der Waals surface area (Å²) >= 11 is 1.17. The number of nitrogens with zero attached hydrogens (tertiary/aromatic N) is 2. The van der Waals surface area contributed by atoms with Gasteiger partial charge in [-0.05, 0) is 25.0 Å². The number of hydrogen-bond acceptors (Lipinski definition) is 5. The van der Waals surface area contributed by atoms with E-state index in [1.807, 2.05) is 0 Å². The second-order valence-electron chi connectivity index (χ2n) is 8.12. The maximum Gasteiger partial charge on any atom is 0.226 e. The molecule has 1 saturated carbocycles. The smallest absolute Gasteiger partial charge is 0.226 e. The lowest BCUT2D eigenvalue weighted by molar-refractivity contribution is -0.139.